The van der Waals surface area contributed by atoms with E-state index in [4.69, 9.17) is 10.00 Å². The van der Waals surface area contributed by atoms with Crippen LogP contribution in [-0.4, -0.2) is 61.6 Å². The zero-order valence-electron chi connectivity index (χ0n) is 9.98. The lowest BCUT2D eigenvalue weighted by Gasteiger charge is -2.36. The van der Waals surface area contributed by atoms with Gasteiger partial charge in [0.15, 0.2) is 0 Å². The predicted molar refractivity (Wildman–Crippen MR) is 59.7 cm³/mol. The maximum Gasteiger partial charge on any atom is 0.248 e. The third kappa shape index (κ3) is 3.19. The Balaban J connectivity index is 2.39. The zero-order valence-corrected chi connectivity index (χ0v) is 9.98. The fourth-order valence-electron chi connectivity index (χ4n) is 1.93. The second kappa shape index (κ2) is 6.46. The van der Waals surface area contributed by atoms with Gasteiger partial charge in [-0.25, -0.2) is 0 Å². The van der Waals surface area contributed by atoms with E-state index in [0.717, 1.165) is 19.5 Å². The summed E-state index contributed by atoms with van der Waals surface area (Å²) >= 11 is 0. The highest BCUT2D eigenvalue weighted by molar-refractivity contribution is 5.77. The van der Waals surface area contributed by atoms with Crippen LogP contribution in [0.4, 0.5) is 0 Å². The van der Waals surface area contributed by atoms with Crippen molar-refractivity contribution in [2.75, 3.05) is 39.9 Å². The van der Waals surface area contributed by atoms with Crippen molar-refractivity contribution in [2.24, 2.45) is 0 Å². The smallest absolute Gasteiger partial charge is 0.248 e. The molecular weight excluding hydrogens is 206 g/mol. The monoisotopic (exact) mass is 225 g/mol. The van der Waals surface area contributed by atoms with E-state index < -0.39 is 0 Å². The Morgan fingerprint density at radius 1 is 1.44 bits per heavy atom. The molecule has 1 aliphatic rings. The summed E-state index contributed by atoms with van der Waals surface area (Å²) in [5.41, 5.74) is 0. The van der Waals surface area contributed by atoms with E-state index in [1.54, 1.807) is 4.90 Å². The van der Waals surface area contributed by atoms with Crippen LogP contribution in [0.5, 0.6) is 0 Å². The number of nitrogens with zero attached hydrogens (tertiary/aromatic N) is 3. The van der Waals surface area contributed by atoms with Crippen LogP contribution in [0.2, 0.25) is 0 Å². The number of carbonyl (C=O) groups excluding carboxylic acids is 1. The first-order valence-electron chi connectivity index (χ1n) is 5.63. The number of hydrogen-bond donors (Lipinski definition) is 0. The molecule has 0 unspecified atom stereocenters. The van der Waals surface area contributed by atoms with Crippen molar-refractivity contribution in [3.63, 3.8) is 0 Å². The minimum Gasteiger partial charge on any atom is -0.375 e. The minimum atomic E-state index is -0.0142. The number of methoxy groups -OCH3 is 1. The summed E-state index contributed by atoms with van der Waals surface area (Å²) in [6.45, 7) is 5.11. The molecule has 0 N–H and O–H groups in total. The number of piperazine rings is 1. The topological polar surface area (TPSA) is 56.6 Å². The predicted octanol–water partition coefficient (Wildman–Crippen LogP) is 0.0792. The third-order valence-corrected chi connectivity index (χ3v) is 2.91. The Labute approximate surface area is 96.6 Å². The maximum absolute atomic E-state index is 11.5. The number of ether oxygens (including phenoxy) is 1. The van der Waals surface area contributed by atoms with Gasteiger partial charge in [-0.2, -0.15) is 5.26 Å². The normalized spacial score (nSPS) is 19.2. The summed E-state index contributed by atoms with van der Waals surface area (Å²) in [7, 11) is 1.52. The summed E-state index contributed by atoms with van der Waals surface area (Å²) < 4.78 is 4.82. The van der Waals surface area contributed by atoms with E-state index in [-0.39, 0.29) is 18.6 Å². The molecule has 1 heterocycles. The van der Waals surface area contributed by atoms with Gasteiger partial charge in [0.1, 0.15) is 6.61 Å². The highest BCUT2D eigenvalue weighted by Crippen LogP contribution is 2.08. The first-order valence-corrected chi connectivity index (χ1v) is 5.63. The largest absolute Gasteiger partial charge is 0.375 e. The average molecular weight is 225 g/mol. The molecule has 16 heavy (non-hydrogen) atoms. The fraction of sp³-hybridized carbons (Fsp3) is 0.818. The molecule has 1 rings (SSSR count). The SMILES string of the molecule is CC[C@@H](C#N)N1CCN(C(=O)COC)CC1. The second-order valence-corrected chi connectivity index (χ2v) is 3.90. The van der Waals surface area contributed by atoms with Gasteiger partial charge in [0.05, 0.1) is 12.1 Å². The van der Waals surface area contributed by atoms with Crippen molar-refractivity contribution in [1.82, 2.24) is 9.80 Å². The molecule has 5 heteroatoms. The van der Waals surface area contributed by atoms with Gasteiger partial charge in [-0.3, -0.25) is 9.69 Å². The first kappa shape index (κ1) is 12.9. The van der Waals surface area contributed by atoms with Crippen LogP contribution in [-0.2, 0) is 9.53 Å². The lowest BCUT2D eigenvalue weighted by atomic mass is 10.2. The van der Waals surface area contributed by atoms with Gasteiger partial charge >= 0.3 is 0 Å². The molecule has 0 aliphatic carbocycles. The van der Waals surface area contributed by atoms with Crippen molar-refractivity contribution < 1.29 is 9.53 Å². The minimum absolute atomic E-state index is 0.0142. The van der Waals surface area contributed by atoms with E-state index in [9.17, 15) is 4.79 Å². The van der Waals surface area contributed by atoms with Crippen molar-refractivity contribution in [2.45, 2.75) is 19.4 Å². The number of carbonyl (C=O) groups is 1. The lowest BCUT2D eigenvalue weighted by Crippen LogP contribution is -2.52. The Hall–Kier alpha value is -1.12. The molecule has 1 amide bonds. The Morgan fingerprint density at radius 3 is 2.50 bits per heavy atom. The summed E-state index contributed by atoms with van der Waals surface area (Å²) in [5, 5.41) is 8.95. The van der Waals surface area contributed by atoms with Crippen molar-refractivity contribution in [3.8, 4) is 6.07 Å². The molecule has 0 aromatic carbocycles. The molecule has 1 saturated heterocycles. The molecule has 0 radical (unpaired) electrons. The van der Waals surface area contributed by atoms with Crippen LogP contribution in [0.25, 0.3) is 0 Å². The molecule has 0 bridgehead atoms. The molecule has 1 atom stereocenters. The van der Waals surface area contributed by atoms with Crippen LogP contribution >= 0.6 is 0 Å². The fourth-order valence-corrected chi connectivity index (χ4v) is 1.93. The van der Waals surface area contributed by atoms with Gasteiger partial charge in [0, 0.05) is 33.3 Å². The molecule has 0 saturated carbocycles. The van der Waals surface area contributed by atoms with Gasteiger partial charge in [0.25, 0.3) is 0 Å². The first-order chi connectivity index (χ1) is 7.72. The third-order valence-electron chi connectivity index (χ3n) is 2.91. The van der Waals surface area contributed by atoms with Crippen LogP contribution in [0, 0.1) is 11.3 Å². The van der Waals surface area contributed by atoms with Crippen LogP contribution in [0.15, 0.2) is 0 Å². The van der Waals surface area contributed by atoms with Crippen LogP contribution < -0.4 is 0 Å². The summed E-state index contributed by atoms with van der Waals surface area (Å²) in [4.78, 5) is 15.5. The zero-order chi connectivity index (χ0) is 12.0. The van der Waals surface area contributed by atoms with Crippen LogP contribution in [0.3, 0.4) is 0 Å². The lowest BCUT2D eigenvalue weighted by molar-refractivity contribution is -0.137. The highest BCUT2D eigenvalue weighted by atomic mass is 16.5. The van der Waals surface area contributed by atoms with Crippen LogP contribution in [0.1, 0.15) is 13.3 Å². The van der Waals surface area contributed by atoms with Gasteiger partial charge in [-0.05, 0) is 6.42 Å². The quantitative estimate of drug-likeness (QED) is 0.680. The molecule has 0 spiro atoms. The van der Waals surface area contributed by atoms with E-state index in [1.165, 1.54) is 7.11 Å². The molecule has 5 nitrogen and oxygen atoms in total. The van der Waals surface area contributed by atoms with Crippen molar-refractivity contribution in [3.05, 3.63) is 0 Å². The number of hydrogen-bond acceptors (Lipinski definition) is 4. The maximum atomic E-state index is 11.5. The van der Waals surface area contributed by atoms with E-state index in [0.29, 0.717) is 13.1 Å². The molecule has 0 aromatic heterocycles. The standard InChI is InChI=1S/C11H19N3O2/c1-3-10(8-12)13-4-6-14(7-5-13)11(15)9-16-2/h10H,3-7,9H2,1-2H3/t10-/m0/s1. The molecule has 1 fully saturated rings. The van der Waals surface area contributed by atoms with E-state index in [1.807, 2.05) is 6.92 Å². The molecule has 90 valence electrons. The Kier molecular flexibility index (Phi) is 5.23. The van der Waals surface area contributed by atoms with Crippen molar-refractivity contribution >= 4 is 5.91 Å². The van der Waals surface area contributed by atoms with Crippen molar-refractivity contribution in [1.29, 1.82) is 5.26 Å². The second-order valence-electron chi connectivity index (χ2n) is 3.90. The molecule has 1 aliphatic heterocycles. The van der Waals surface area contributed by atoms with E-state index >= 15 is 0 Å². The molecule has 0 aromatic rings. The summed E-state index contributed by atoms with van der Waals surface area (Å²) in [6.07, 6.45) is 0.836. The highest BCUT2D eigenvalue weighted by Gasteiger charge is 2.24. The Bertz CT molecular complexity index is 267. The number of nitriles is 1. The average Bonchev–Trinajstić information content (AvgIpc) is 2.32. The van der Waals surface area contributed by atoms with Gasteiger partial charge < -0.3 is 9.64 Å². The van der Waals surface area contributed by atoms with Gasteiger partial charge in [0.2, 0.25) is 5.91 Å². The summed E-state index contributed by atoms with van der Waals surface area (Å²) in [5.74, 6) is 0.0344. The Morgan fingerprint density at radius 2 is 2.06 bits per heavy atom. The number of rotatable bonds is 4. The number of amides is 1. The van der Waals surface area contributed by atoms with Gasteiger partial charge in [-0.15, -0.1) is 0 Å². The summed E-state index contributed by atoms with van der Waals surface area (Å²) in [6, 6.07) is 2.27. The molecular formula is C11H19N3O2. The van der Waals surface area contributed by atoms with Gasteiger partial charge in [-0.1, -0.05) is 6.92 Å². The van der Waals surface area contributed by atoms with E-state index in [2.05, 4.69) is 11.0 Å².